The summed E-state index contributed by atoms with van der Waals surface area (Å²) in [5.74, 6) is 0.725. The molecule has 0 saturated carbocycles. The maximum Gasteiger partial charge on any atom is 0.0593 e. The first-order chi connectivity index (χ1) is 10.3. The van der Waals surface area contributed by atoms with E-state index in [1.54, 1.807) is 0 Å². The summed E-state index contributed by atoms with van der Waals surface area (Å²) in [6, 6.07) is 9.75. The van der Waals surface area contributed by atoms with Gasteiger partial charge in [-0.05, 0) is 19.1 Å². The fourth-order valence-electron chi connectivity index (χ4n) is 2.48. The Hall–Kier alpha value is -0.750. The Morgan fingerprint density at radius 2 is 1.67 bits per heavy atom. The number of nitrogens with zero attached hydrogens (tertiary/aromatic N) is 2. The van der Waals surface area contributed by atoms with Gasteiger partial charge in [-0.25, -0.2) is 0 Å². The van der Waals surface area contributed by atoms with Gasteiger partial charge in [0.2, 0.25) is 0 Å². The zero-order valence-corrected chi connectivity index (χ0v) is 13.7. The van der Waals surface area contributed by atoms with Gasteiger partial charge in [0.1, 0.15) is 0 Å². The zero-order chi connectivity index (χ0) is 14.9. The van der Waals surface area contributed by atoms with Crippen LogP contribution >= 0.6 is 0 Å². The third kappa shape index (κ3) is 5.87. The Kier molecular flexibility index (Phi) is 7.36. The molecular formula is C16H26N2O2S. The van der Waals surface area contributed by atoms with Gasteiger partial charge in [0.05, 0.1) is 17.4 Å². The van der Waals surface area contributed by atoms with Crippen molar-refractivity contribution in [1.29, 1.82) is 0 Å². The van der Waals surface area contributed by atoms with Gasteiger partial charge in [-0.2, -0.15) is 0 Å². The average Bonchev–Trinajstić information content (AvgIpc) is 2.55. The minimum atomic E-state index is -0.875. The van der Waals surface area contributed by atoms with Crippen LogP contribution < -0.4 is 0 Å². The van der Waals surface area contributed by atoms with Crippen LogP contribution in [0.1, 0.15) is 6.92 Å². The monoisotopic (exact) mass is 310 g/mol. The third-order valence-electron chi connectivity index (χ3n) is 3.82. The van der Waals surface area contributed by atoms with E-state index in [1.807, 2.05) is 37.3 Å². The molecule has 118 valence electrons. The normalized spacial score (nSPS) is 18.7. The van der Waals surface area contributed by atoms with Gasteiger partial charge in [-0.1, -0.05) is 18.2 Å². The maximum atomic E-state index is 12.2. The summed E-state index contributed by atoms with van der Waals surface area (Å²) in [6.45, 7) is 9.91. The molecule has 0 aromatic heterocycles. The number of ether oxygens (including phenoxy) is 1. The fourth-order valence-corrected chi connectivity index (χ4v) is 3.60. The summed E-state index contributed by atoms with van der Waals surface area (Å²) in [5.41, 5.74) is 0. The lowest BCUT2D eigenvalue weighted by Crippen LogP contribution is -2.48. The van der Waals surface area contributed by atoms with E-state index in [2.05, 4.69) is 9.80 Å². The van der Waals surface area contributed by atoms with Crippen molar-refractivity contribution in [1.82, 2.24) is 9.80 Å². The Morgan fingerprint density at radius 1 is 1.05 bits per heavy atom. The number of piperazine rings is 1. The number of rotatable bonds is 8. The largest absolute Gasteiger partial charge is 0.380 e. The van der Waals surface area contributed by atoms with Crippen molar-refractivity contribution in [3.05, 3.63) is 30.3 Å². The van der Waals surface area contributed by atoms with Crippen LogP contribution in [0.15, 0.2) is 35.2 Å². The highest BCUT2D eigenvalue weighted by Gasteiger charge is 2.17. The molecule has 1 atom stereocenters. The molecule has 1 aromatic carbocycles. The topological polar surface area (TPSA) is 32.8 Å². The summed E-state index contributed by atoms with van der Waals surface area (Å²) < 4.78 is 17.6. The van der Waals surface area contributed by atoms with Crippen LogP contribution in [0.3, 0.4) is 0 Å². The maximum absolute atomic E-state index is 12.2. The minimum Gasteiger partial charge on any atom is -0.380 e. The Labute approximate surface area is 130 Å². The predicted molar refractivity (Wildman–Crippen MR) is 87.1 cm³/mol. The van der Waals surface area contributed by atoms with Crippen molar-refractivity contribution in [2.45, 2.75) is 11.8 Å². The second-order valence-electron chi connectivity index (χ2n) is 5.24. The van der Waals surface area contributed by atoms with Gasteiger partial charge in [0, 0.05) is 56.5 Å². The molecule has 1 fully saturated rings. The highest BCUT2D eigenvalue weighted by atomic mass is 32.2. The third-order valence-corrected chi connectivity index (χ3v) is 5.17. The molecule has 21 heavy (non-hydrogen) atoms. The van der Waals surface area contributed by atoms with Gasteiger partial charge in [0.25, 0.3) is 0 Å². The van der Waals surface area contributed by atoms with Gasteiger partial charge >= 0.3 is 0 Å². The molecule has 0 unspecified atom stereocenters. The highest BCUT2D eigenvalue weighted by molar-refractivity contribution is 7.85. The van der Waals surface area contributed by atoms with Crippen LogP contribution in [-0.4, -0.2) is 72.2 Å². The number of hydrogen-bond acceptors (Lipinski definition) is 4. The van der Waals surface area contributed by atoms with Crippen LogP contribution in [0.4, 0.5) is 0 Å². The SMILES string of the molecule is CCOCCN1CCN(CC[S@](=O)c2ccccc2)CC1. The average molecular weight is 310 g/mol. The van der Waals surface area contributed by atoms with Crippen molar-refractivity contribution in [2.24, 2.45) is 0 Å². The molecule has 1 aliphatic rings. The molecule has 0 amide bonds. The van der Waals surface area contributed by atoms with Crippen LogP contribution in [-0.2, 0) is 15.5 Å². The minimum absolute atomic E-state index is 0.725. The molecule has 1 heterocycles. The van der Waals surface area contributed by atoms with Crippen LogP contribution in [0.2, 0.25) is 0 Å². The van der Waals surface area contributed by atoms with Crippen LogP contribution in [0.25, 0.3) is 0 Å². The van der Waals surface area contributed by atoms with Gasteiger partial charge in [-0.3, -0.25) is 14.0 Å². The van der Waals surface area contributed by atoms with Gasteiger partial charge in [0.15, 0.2) is 0 Å². The molecule has 1 aromatic rings. The summed E-state index contributed by atoms with van der Waals surface area (Å²) >= 11 is 0. The van der Waals surface area contributed by atoms with E-state index in [0.29, 0.717) is 0 Å². The lowest BCUT2D eigenvalue weighted by Gasteiger charge is -2.34. The lowest BCUT2D eigenvalue weighted by atomic mass is 10.3. The van der Waals surface area contributed by atoms with E-state index >= 15 is 0 Å². The number of hydrogen-bond donors (Lipinski definition) is 0. The molecule has 1 aliphatic heterocycles. The standard InChI is InChI=1S/C16H26N2O2S/c1-2-20-14-12-17-8-10-18(11-9-17)13-15-21(19)16-6-4-3-5-7-16/h3-7H,2,8-15H2,1H3/t21-/m0/s1. The van der Waals surface area contributed by atoms with Crippen LogP contribution in [0, 0.1) is 0 Å². The lowest BCUT2D eigenvalue weighted by molar-refractivity contribution is 0.0829. The van der Waals surface area contributed by atoms with E-state index in [9.17, 15) is 4.21 Å². The van der Waals surface area contributed by atoms with E-state index in [-0.39, 0.29) is 0 Å². The molecular weight excluding hydrogens is 284 g/mol. The molecule has 1 saturated heterocycles. The van der Waals surface area contributed by atoms with Crippen molar-refractivity contribution < 1.29 is 8.95 Å². The molecule has 2 rings (SSSR count). The smallest absolute Gasteiger partial charge is 0.0593 e. The molecule has 0 aliphatic carbocycles. The molecule has 5 heteroatoms. The molecule has 0 bridgehead atoms. The van der Waals surface area contributed by atoms with Crippen molar-refractivity contribution >= 4 is 10.8 Å². The second-order valence-corrected chi connectivity index (χ2v) is 6.81. The Balaban J connectivity index is 1.64. The second kappa shape index (κ2) is 9.30. The highest BCUT2D eigenvalue weighted by Crippen LogP contribution is 2.07. The fraction of sp³-hybridized carbons (Fsp3) is 0.625. The van der Waals surface area contributed by atoms with Gasteiger partial charge in [-0.15, -0.1) is 0 Å². The van der Waals surface area contributed by atoms with E-state index in [0.717, 1.165) is 63.1 Å². The first kappa shape index (κ1) is 16.6. The summed E-state index contributed by atoms with van der Waals surface area (Å²) in [5, 5.41) is 0. The zero-order valence-electron chi connectivity index (χ0n) is 12.9. The first-order valence-electron chi connectivity index (χ1n) is 7.75. The van der Waals surface area contributed by atoms with Crippen molar-refractivity contribution in [2.75, 3.05) is 58.2 Å². The molecule has 4 nitrogen and oxygen atoms in total. The van der Waals surface area contributed by atoms with Crippen molar-refractivity contribution in [3.63, 3.8) is 0 Å². The Bertz CT molecular complexity index is 420. The molecule has 0 spiro atoms. The van der Waals surface area contributed by atoms with E-state index in [1.165, 1.54) is 0 Å². The molecule has 0 radical (unpaired) electrons. The van der Waals surface area contributed by atoms with Crippen LogP contribution in [0.5, 0.6) is 0 Å². The first-order valence-corrected chi connectivity index (χ1v) is 9.07. The van der Waals surface area contributed by atoms with E-state index < -0.39 is 10.8 Å². The van der Waals surface area contributed by atoms with E-state index in [4.69, 9.17) is 4.74 Å². The quantitative estimate of drug-likeness (QED) is 0.681. The Morgan fingerprint density at radius 3 is 2.29 bits per heavy atom. The number of benzene rings is 1. The molecule has 0 N–H and O–H groups in total. The summed E-state index contributed by atoms with van der Waals surface area (Å²) in [7, 11) is -0.875. The predicted octanol–water partition coefficient (Wildman–Crippen LogP) is 1.45. The summed E-state index contributed by atoms with van der Waals surface area (Å²) in [4.78, 5) is 5.80. The summed E-state index contributed by atoms with van der Waals surface area (Å²) in [6.07, 6.45) is 0. The van der Waals surface area contributed by atoms with Crippen molar-refractivity contribution in [3.8, 4) is 0 Å². The van der Waals surface area contributed by atoms with Gasteiger partial charge < -0.3 is 4.74 Å².